The van der Waals surface area contributed by atoms with Gasteiger partial charge in [0.1, 0.15) is 0 Å². The molecule has 1 aromatic carbocycles. The quantitative estimate of drug-likeness (QED) is 0.763. The largest absolute Gasteiger partial charge is 0.243 e. The molecule has 1 aromatic rings. The summed E-state index contributed by atoms with van der Waals surface area (Å²) in [4.78, 5) is 0.350. The Bertz CT molecular complexity index is 533. The predicted octanol–water partition coefficient (Wildman–Crippen LogP) is 3.62. The molecule has 0 spiro atoms. The SMILES string of the molecule is O=S(=O)(c1cccc(Br)c1)N1CCCCC1CCCl. The van der Waals surface area contributed by atoms with Crippen molar-refractivity contribution in [3.05, 3.63) is 28.7 Å². The van der Waals surface area contributed by atoms with Gasteiger partial charge in [-0.1, -0.05) is 28.4 Å². The Hall–Kier alpha value is -0.100. The smallest absolute Gasteiger partial charge is 0.207 e. The fraction of sp³-hybridized carbons (Fsp3) is 0.538. The van der Waals surface area contributed by atoms with E-state index < -0.39 is 10.0 Å². The van der Waals surface area contributed by atoms with E-state index in [-0.39, 0.29) is 6.04 Å². The lowest BCUT2D eigenvalue weighted by atomic mass is 10.0. The second kappa shape index (κ2) is 6.57. The number of alkyl halides is 1. The highest BCUT2D eigenvalue weighted by Crippen LogP contribution is 2.28. The Morgan fingerprint density at radius 3 is 2.84 bits per heavy atom. The number of rotatable bonds is 4. The van der Waals surface area contributed by atoms with Crippen LogP contribution in [0, 0.1) is 0 Å². The number of hydrogen-bond acceptors (Lipinski definition) is 2. The van der Waals surface area contributed by atoms with Gasteiger partial charge in [0, 0.05) is 22.9 Å². The van der Waals surface area contributed by atoms with Gasteiger partial charge in [-0.2, -0.15) is 4.31 Å². The van der Waals surface area contributed by atoms with Crippen LogP contribution in [0.2, 0.25) is 0 Å². The molecule has 0 aliphatic carbocycles. The van der Waals surface area contributed by atoms with Gasteiger partial charge in [-0.15, -0.1) is 11.6 Å². The molecular formula is C13H17BrClNO2S. The van der Waals surface area contributed by atoms with Crippen molar-refractivity contribution in [2.75, 3.05) is 12.4 Å². The minimum absolute atomic E-state index is 0.0373. The number of halogens is 2. The van der Waals surface area contributed by atoms with E-state index in [0.717, 1.165) is 30.2 Å². The third-order valence-corrected chi connectivity index (χ3v) is 6.08. The minimum atomic E-state index is -3.41. The van der Waals surface area contributed by atoms with Crippen LogP contribution in [0.5, 0.6) is 0 Å². The van der Waals surface area contributed by atoms with Crippen LogP contribution in [0.1, 0.15) is 25.7 Å². The van der Waals surface area contributed by atoms with Gasteiger partial charge in [0.15, 0.2) is 0 Å². The molecule has 19 heavy (non-hydrogen) atoms. The molecule has 0 amide bonds. The van der Waals surface area contributed by atoms with Crippen LogP contribution >= 0.6 is 27.5 Å². The van der Waals surface area contributed by atoms with Gasteiger partial charge in [-0.25, -0.2) is 8.42 Å². The Morgan fingerprint density at radius 2 is 2.16 bits per heavy atom. The highest BCUT2D eigenvalue weighted by atomic mass is 79.9. The summed E-state index contributed by atoms with van der Waals surface area (Å²) in [6.45, 7) is 0.594. The van der Waals surface area contributed by atoms with Crippen LogP contribution < -0.4 is 0 Å². The fourth-order valence-electron chi connectivity index (χ4n) is 2.47. The fourth-order valence-corrected chi connectivity index (χ4v) is 5.04. The van der Waals surface area contributed by atoms with Crippen LogP contribution in [-0.4, -0.2) is 31.2 Å². The predicted molar refractivity (Wildman–Crippen MR) is 81.0 cm³/mol. The zero-order valence-corrected chi connectivity index (χ0v) is 13.7. The molecule has 0 bridgehead atoms. The van der Waals surface area contributed by atoms with E-state index in [1.165, 1.54) is 0 Å². The molecule has 0 saturated carbocycles. The normalized spacial score (nSPS) is 21.5. The van der Waals surface area contributed by atoms with Gasteiger partial charge < -0.3 is 0 Å². The van der Waals surface area contributed by atoms with Crippen LogP contribution in [0.15, 0.2) is 33.6 Å². The summed E-state index contributed by atoms with van der Waals surface area (Å²) in [5, 5.41) is 0. The van der Waals surface area contributed by atoms with Crippen molar-refractivity contribution in [3.63, 3.8) is 0 Å². The van der Waals surface area contributed by atoms with Gasteiger partial charge in [-0.3, -0.25) is 0 Å². The van der Waals surface area contributed by atoms with Gasteiger partial charge >= 0.3 is 0 Å². The second-order valence-electron chi connectivity index (χ2n) is 4.70. The van der Waals surface area contributed by atoms with Crippen LogP contribution in [0.25, 0.3) is 0 Å². The van der Waals surface area contributed by atoms with Gasteiger partial charge in [0.2, 0.25) is 10.0 Å². The molecule has 1 heterocycles. The summed E-state index contributed by atoms with van der Waals surface area (Å²) in [7, 11) is -3.41. The van der Waals surface area contributed by atoms with Gasteiger partial charge in [0.05, 0.1) is 4.90 Å². The van der Waals surface area contributed by atoms with E-state index in [1.54, 1.807) is 22.5 Å². The van der Waals surface area contributed by atoms with Crippen LogP contribution in [0.4, 0.5) is 0 Å². The molecule has 0 N–H and O–H groups in total. The molecule has 1 atom stereocenters. The molecule has 2 rings (SSSR count). The molecule has 1 unspecified atom stereocenters. The maximum Gasteiger partial charge on any atom is 0.243 e. The summed E-state index contributed by atoms with van der Waals surface area (Å²) >= 11 is 9.11. The molecule has 1 fully saturated rings. The summed E-state index contributed by atoms with van der Waals surface area (Å²) in [5.74, 6) is 0.495. The molecule has 106 valence electrons. The van der Waals surface area contributed by atoms with Gasteiger partial charge in [0.25, 0.3) is 0 Å². The maximum absolute atomic E-state index is 12.7. The highest BCUT2D eigenvalue weighted by molar-refractivity contribution is 9.10. The zero-order valence-electron chi connectivity index (χ0n) is 10.6. The van der Waals surface area contributed by atoms with E-state index in [4.69, 9.17) is 11.6 Å². The van der Waals surface area contributed by atoms with Crippen molar-refractivity contribution >= 4 is 37.6 Å². The molecule has 1 saturated heterocycles. The standard InChI is InChI=1S/C13H17BrClNO2S/c14-11-4-3-6-13(10-11)19(17,18)16-9-2-1-5-12(16)7-8-15/h3-4,6,10,12H,1-2,5,7-9H2. The van der Waals surface area contributed by atoms with Crippen molar-refractivity contribution in [2.24, 2.45) is 0 Å². The van der Waals surface area contributed by atoms with Crippen LogP contribution in [0.3, 0.4) is 0 Å². The third kappa shape index (κ3) is 3.51. The van der Waals surface area contributed by atoms with E-state index >= 15 is 0 Å². The third-order valence-electron chi connectivity index (χ3n) is 3.42. The van der Waals surface area contributed by atoms with Gasteiger partial charge in [-0.05, 0) is 37.5 Å². The minimum Gasteiger partial charge on any atom is -0.207 e. The number of sulfonamides is 1. The lowest BCUT2D eigenvalue weighted by Gasteiger charge is -2.34. The van der Waals surface area contributed by atoms with Crippen molar-refractivity contribution < 1.29 is 8.42 Å². The Kier molecular flexibility index (Phi) is 5.29. The number of piperidine rings is 1. The summed E-state index contributed by atoms with van der Waals surface area (Å²) in [6, 6.07) is 6.91. The first kappa shape index (κ1) is 15.3. The van der Waals surface area contributed by atoms with Crippen molar-refractivity contribution in [1.29, 1.82) is 0 Å². The molecular weight excluding hydrogens is 350 g/mol. The Labute approximate surface area is 128 Å². The zero-order chi connectivity index (χ0) is 13.9. The lowest BCUT2D eigenvalue weighted by molar-refractivity contribution is 0.247. The lowest BCUT2D eigenvalue weighted by Crippen LogP contribution is -2.43. The highest BCUT2D eigenvalue weighted by Gasteiger charge is 2.32. The first-order chi connectivity index (χ1) is 9.05. The summed E-state index contributed by atoms with van der Waals surface area (Å²) < 4.78 is 27.8. The second-order valence-corrected chi connectivity index (χ2v) is 7.88. The number of benzene rings is 1. The van der Waals surface area contributed by atoms with E-state index in [1.807, 2.05) is 6.07 Å². The summed E-state index contributed by atoms with van der Waals surface area (Å²) in [6.07, 6.45) is 3.62. The topological polar surface area (TPSA) is 37.4 Å². The first-order valence-electron chi connectivity index (χ1n) is 6.39. The maximum atomic E-state index is 12.7. The molecule has 6 heteroatoms. The molecule has 3 nitrogen and oxygen atoms in total. The number of hydrogen-bond donors (Lipinski definition) is 0. The van der Waals surface area contributed by atoms with Crippen molar-refractivity contribution in [1.82, 2.24) is 4.31 Å². The van der Waals surface area contributed by atoms with E-state index in [0.29, 0.717) is 17.3 Å². The molecule has 1 aliphatic rings. The van der Waals surface area contributed by atoms with E-state index in [9.17, 15) is 8.42 Å². The summed E-state index contributed by atoms with van der Waals surface area (Å²) in [5.41, 5.74) is 0. The van der Waals surface area contributed by atoms with Crippen molar-refractivity contribution in [2.45, 2.75) is 36.6 Å². The van der Waals surface area contributed by atoms with E-state index in [2.05, 4.69) is 15.9 Å². The monoisotopic (exact) mass is 365 g/mol. The van der Waals surface area contributed by atoms with Crippen LogP contribution in [-0.2, 0) is 10.0 Å². The Morgan fingerprint density at radius 1 is 1.37 bits per heavy atom. The molecule has 1 aliphatic heterocycles. The number of nitrogens with zero attached hydrogens (tertiary/aromatic N) is 1. The average molecular weight is 367 g/mol. The van der Waals surface area contributed by atoms with Crippen molar-refractivity contribution in [3.8, 4) is 0 Å². The Balaban J connectivity index is 2.31. The first-order valence-corrected chi connectivity index (χ1v) is 9.16. The molecule has 0 radical (unpaired) electrons. The molecule has 0 aromatic heterocycles. The average Bonchev–Trinajstić information content (AvgIpc) is 2.39.